The normalized spacial score (nSPS) is 10.6. The summed E-state index contributed by atoms with van der Waals surface area (Å²) in [6.45, 7) is 2.08. The van der Waals surface area contributed by atoms with E-state index in [4.69, 9.17) is 10.7 Å². The van der Waals surface area contributed by atoms with Crippen LogP contribution in [0.1, 0.15) is 4.88 Å². The molecule has 0 atom stereocenters. The maximum Gasteiger partial charge on any atom is 0.133 e. The molecule has 0 unspecified atom stereocenters. The number of hydrogen-bond acceptors (Lipinski definition) is 4. The maximum absolute atomic E-state index is 5.91. The summed E-state index contributed by atoms with van der Waals surface area (Å²) >= 11 is 1.65. The first kappa shape index (κ1) is 11.9. The van der Waals surface area contributed by atoms with Crippen LogP contribution < -0.4 is 5.73 Å². The second-order valence-electron chi connectivity index (χ2n) is 4.23. The highest BCUT2D eigenvalue weighted by Gasteiger charge is 2.13. The molecule has 0 radical (unpaired) electrons. The molecule has 0 saturated heterocycles. The SMILES string of the molecule is Cc1sc(-c2cccnc2N)nc1-c1ccccc1. The highest BCUT2D eigenvalue weighted by atomic mass is 32.1. The predicted octanol–water partition coefficient (Wildman–Crippen LogP) is 3.76. The lowest BCUT2D eigenvalue weighted by Crippen LogP contribution is -1.92. The Morgan fingerprint density at radius 2 is 1.84 bits per heavy atom. The van der Waals surface area contributed by atoms with Gasteiger partial charge >= 0.3 is 0 Å². The molecule has 1 aromatic carbocycles. The van der Waals surface area contributed by atoms with Crippen LogP contribution in [0.4, 0.5) is 5.82 Å². The summed E-state index contributed by atoms with van der Waals surface area (Å²) in [5, 5.41) is 0.918. The number of aromatic nitrogens is 2. The number of hydrogen-bond donors (Lipinski definition) is 1. The number of nitrogens with two attached hydrogens (primary N) is 1. The first-order valence-corrected chi connectivity index (χ1v) is 6.81. The molecule has 0 aliphatic rings. The molecule has 0 fully saturated rings. The molecule has 3 aromatic rings. The Morgan fingerprint density at radius 3 is 2.58 bits per heavy atom. The first-order chi connectivity index (χ1) is 9.25. The lowest BCUT2D eigenvalue weighted by molar-refractivity contribution is 1.31. The summed E-state index contributed by atoms with van der Waals surface area (Å²) in [5.41, 5.74) is 8.95. The average molecular weight is 267 g/mol. The number of anilines is 1. The summed E-state index contributed by atoms with van der Waals surface area (Å²) in [6.07, 6.45) is 1.69. The van der Waals surface area contributed by atoms with E-state index in [9.17, 15) is 0 Å². The predicted molar refractivity (Wildman–Crippen MR) is 79.9 cm³/mol. The third kappa shape index (κ3) is 2.22. The molecular weight excluding hydrogens is 254 g/mol. The molecule has 4 heteroatoms. The third-order valence-electron chi connectivity index (χ3n) is 2.91. The van der Waals surface area contributed by atoms with E-state index in [0.29, 0.717) is 5.82 Å². The van der Waals surface area contributed by atoms with Crippen LogP contribution in [0.2, 0.25) is 0 Å². The second-order valence-corrected chi connectivity index (χ2v) is 5.43. The van der Waals surface area contributed by atoms with Crippen molar-refractivity contribution in [1.29, 1.82) is 0 Å². The number of benzene rings is 1. The van der Waals surface area contributed by atoms with Gasteiger partial charge in [0.1, 0.15) is 10.8 Å². The van der Waals surface area contributed by atoms with Crippen LogP contribution in [0.15, 0.2) is 48.7 Å². The van der Waals surface area contributed by atoms with Gasteiger partial charge in [0, 0.05) is 16.6 Å². The Hall–Kier alpha value is -2.20. The Kier molecular flexibility index (Phi) is 3.01. The quantitative estimate of drug-likeness (QED) is 0.769. The Labute approximate surface area is 115 Å². The van der Waals surface area contributed by atoms with E-state index in [-0.39, 0.29) is 0 Å². The van der Waals surface area contributed by atoms with Gasteiger partial charge in [-0.15, -0.1) is 11.3 Å². The summed E-state index contributed by atoms with van der Waals surface area (Å²) in [7, 11) is 0. The zero-order valence-corrected chi connectivity index (χ0v) is 11.3. The molecule has 3 rings (SSSR count). The van der Waals surface area contributed by atoms with Crippen LogP contribution in [-0.4, -0.2) is 9.97 Å². The molecule has 0 aliphatic heterocycles. The molecule has 2 N–H and O–H groups in total. The second kappa shape index (κ2) is 4.82. The van der Waals surface area contributed by atoms with Crippen LogP contribution in [0.25, 0.3) is 21.8 Å². The highest BCUT2D eigenvalue weighted by Crippen LogP contribution is 2.34. The van der Waals surface area contributed by atoms with Crippen molar-refractivity contribution in [2.45, 2.75) is 6.92 Å². The molecule has 0 amide bonds. The fourth-order valence-electron chi connectivity index (χ4n) is 1.97. The fraction of sp³-hybridized carbons (Fsp3) is 0.0667. The summed E-state index contributed by atoms with van der Waals surface area (Å²) in [4.78, 5) is 10.0. The van der Waals surface area contributed by atoms with Gasteiger partial charge in [0.05, 0.1) is 11.3 Å². The van der Waals surface area contributed by atoms with Crippen LogP contribution >= 0.6 is 11.3 Å². The largest absolute Gasteiger partial charge is 0.383 e. The number of nitrogens with zero attached hydrogens (tertiary/aromatic N) is 2. The maximum atomic E-state index is 5.91. The van der Waals surface area contributed by atoms with Crippen LogP contribution in [0.5, 0.6) is 0 Å². The molecule has 19 heavy (non-hydrogen) atoms. The fourth-order valence-corrected chi connectivity index (χ4v) is 2.94. The number of nitrogen functional groups attached to an aromatic ring is 1. The van der Waals surface area contributed by atoms with E-state index < -0.39 is 0 Å². The van der Waals surface area contributed by atoms with Crippen molar-refractivity contribution in [2.24, 2.45) is 0 Å². The number of thiazole rings is 1. The molecular formula is C15H13N3S. The van der Waals surface area contributed by atoms with Crippen LogP contribution in [-0.2, 0) is 0 Å². The summed E-state index contributed by atoms with van der Waals surface area (Å²) < 4.78 is 0. The molecule has 2 heterocycles. The van der Waals surface area contributed by atoms with Crippen molar-refractivity contribution < 1.29 is 0 Å². The van der Waals surface area contributed by atoms with Gasteiger partial charge in [-0.3, -0.25) is 0 Å². The van der Waals surface area contributed by atoms with Crippen molar-refractivity contribution in [1.82, 2.24) is 9.97 Å². The van der Waals surface area contributed by atoms with Crippen molar-refractivity contribution in [2.75, 3.05) is 5.73 Å². The minimum atomic E-state index is 0.524. The van der Waals surface area contributed by atoms with Crippen molar-refractivity contribution in [3.63, 3.8) is 0 Å². The Bertz CT molecular complexity index is 704. The zero-order chi connectivity index (χ0) is 13.2. The van der Waals surface area contributed by atoms with Gasteiger partial charge in [-0.05, 0) is 19.1 Å². The van der Waals surface area contributed by atoms with Gasteiger partial charge in [-0.1, -0.05) is 30.3 Å². The van der Waals surface area contributed by atoms with Gasteiger partial charge < -0.3 is 5.73 Å². The van der Waals surface area contributed by atoms with E-state index in [2.05, 4.69) is 24.0 Å². The molecule has 0 saturated carbocycles. The van der Waals surface area contributed by atoms with E-state index >= 15 is 0 Å². The van der Waals surface area contributed by atoms with E-state index in [0.717, 1.165) is 21.8 Å². The Morgan fingerprint density at radius 1 is 1.05 bits per heavy atom. The summed E-state index contributed by atoms with van der Waals surface area (Å²) in [5.74, 6) is 0.524. The van der Waals surface area contributed by atoms with Gasteiger partial charge in [-0.25, -0.2) is 9.97 Å². The minimum Gasteiger partial charge on any atom is -0.383 e. The number of rotatable bonds is 2. The lowest BCUT2D eigenvalue weighted by Gasteiger charge is -1.99. The molecule has 0 bridgehead atoms. The highest BCUT2D eigenvalue weighted by molar-refractivity contribution is 7.15. The van der Waals surface area contributed by atoms with Crippen molar-refractivity contribution in [3.05, 3.63) is 53.5 Å². The molecule has 0 spiro atoms. The molecule has 2 aromatic heterocycles. The molecule has 0 aliphatic carbocycles. The molecule has 94 valence electrons. The molecule has 3 nitrogen and oxygen atoms in total. The van der Waals surface area contributed by atoms with Crippen molar-refractivity contribution in [3.8, 4) is 21.8 Å². The van der Waals surface area contributed by atoms with Crippen LogP contribution in [0.3, 0.4) is 0 Å². The van der Waals surface area contributed by atoms with Gasteiger partial charge in [-0.2, -0.15) is 0 Å². The van der Waals surface area contributed by atoms with Crippen LogP contribution in [0, 0.1) is 6.92 Å². The lowest BCUT2D eigenvalue weighted by atomic mass is 10.1. The van der Waals surface area contributed by atoms with Gasteiger partial charge in [0.2, 0.25) is 0 Å². The monoisotopic (exact) mass is 267 g/mol. The minimum absolute atomic E-state index is 0.524. The number of pyridine rings is 1. The average Bonchev–Trinajstić information content (AvgIpc) is 2.82. The zero-order valence-electron chi connectivity index (χ0n) is 10.5. The first-order valence-electron chi connectivity index (χ1n) is 5.99. The van der Waals surface area contributed by atoms with Gasteiger partial charge in [0.25, 0.3) is 0 Å². The van der Waals surface area contributed by atoms with Gasteiger partial charge in [0.15, 0.2) is 0 Å². The standard InChI is InChI=1S/C15H13N3S/c1-10-13(11-6-3-2-4-7-11)18-15(19-10)12-8-5-9-17-14(12)16/h2-9H,1H3,(H2,16,17). The number of aryl methyl sites for hydroxylation is 1. The van der Waals surface area contributed by atoms with E-state index in [1.54, 1.807) is 17.5 Å². The summed E-state index contributed by atoms with van der Waals surface area (Å²) in [6, 6.07) is 14.0. The van der Waals surface area contributed by atoms with E-state index in [1.807, 2.05) is 30.3 Å². The Balaban J connectivity index is 2.10. The smallest absolute Gasteiger partial charge is 0.133 e. The van der Waals surface area contributed by atoms with Crippen molar-refractivity contribution >= 4 is 17.2 Å². The third-order valence-corrected chi connectivity index (χ3v) is 3.92. The topological polar surface area (TPSA) is 51.8 Å². The van der Waals surface area contributed by atoms with E-state index in [1.165, 1.54) is 4.88 Å².